The smallest absolute Gasteiger partial charge is 0.415 e. The lowest BCUT2D eigenvalue weighted by molar-refractivity contribution is -0.0972. The highest BCUT2D eigenvalue weighted by atomic mass is 19.4. The van der Waals surface area contributed by atoms with Crippen molar-refractivity contribution in [2.24, 2.45) is 5.73 Å². The average molecular weight is 474 g/mol. The number of aryl methyl sites for hydroxylation is 1. The van der Waals surface area contributed by atoms with Crippen molar-refractivity contribution in [3.63, 3.8) is 0 Å². The summed E-state index contributed by atoms with van der Waals surface area (Å²) < 4.78 is 53.5. The quantitative estimate of drug-likeness (QED) is 0.484. The predicted octanol–water partition coefficient (Wildman–Crippen LogP) is 3.03. The Morgan fingerprint density at radius 1 is 1.21 bits per heavy atom. The van der Waals surface area contributed by atoms with Crippen LogP contribution < -0.4 is 25.8 Å². The molecule has 1 unspecified atom stereocenters. The predicted molar refractivity (Wildman–Crippen MR) is 122 cm³/mol. The lowest BCUT2D eigenvalue weighted by Gasteiger charge is -2.26. The van der Waals surface area contributed by atoms with E-state index in [1.807, 2.05) is 6.07 Å². The fourth-order valence-corrected chi connectivity index (χ4v) is 3.82. The molecule has 4 rings (SSSR count). The molecule has 0 spiro atoms. The minimum Gasteiger partial charge on any atom is -0.493 e. The number of allylic oxidation sites excluding steroid dienone is 2. The molecule has 1 aliphatic rings. The first-order chi connectivity index (χ1) is 16.3. The molecule has 180 valence electrons. The molecule has 1 aliphatic heterocycles. The number of fused-ring (bicyclic) bond motifs is 1. The van der Waals surface area contributed by atoms with E-state index in [0.29, 0.717) is 53.0 Å². The monoisotopic (exact) mass is 474 g/mol. The molecule has 4 N–H and O–H groups in total. The van der Waals surface area contributed by atoms with Crippen LogP contribution in [0.5, 0.6) is 11.5 Å². The molecule has 11 heteroatoms. The van der Waals surface area contributed by atoms with Crippen molar-refractivity contribution in [1.82, 2.24) is 25.2 Å². The van der Waals surface area contributed by atoms with E-state index in [0.717, 1.165) is 11.6 Å². The van der Waals surface area contributed by atoms with Gasteiger partial charge in [-0.2, -0.15) is 18.3 Å². The zero-order valence-electron chi connectivity index (χ0n) is 18.9. The zero-order valence-corrected chi connectivity index (χ0v) is 18.9. The first kappa shape index (κ1) is 23.6. The largest absolute Gasteiger partial charge is 0.493 e. The van der Waals surface area contributed by atoms with Crippen LogP contribution in [0.15, 0.2) is 48.2 Å². The highest BCUT2D eigenvalue weighted by molar-refractivity contribution is 5.77. The first-order valence-corrected chi connectivity index (χ1v) is 10.6. The average Bonchev–Trinajstić information content (AvgIpc) is 3.16. The second-order valence-electron chi connectivity index (χ2n) is 7.62. The molecule has 0 amide bonds. The SMILES string of the molecule is CNC1NC=C(c2c(C)nc3ccc(-c4ccc(OCCN)c(OC)c4)nn23)C=C1C(F)(F)F. The Bertz CT molecular complexity index is 1270. The molecule has 3 heterocycles. The van der Waals surface area contributed by atoms with Crippen LogP contribution in [0.2, 0.25) is 0 Å². The van der Waals surface area contributed by atoms with Crippen LogP contribution in [0.1, 0.15) is 11.4 Å². The van der Waals surface area contributed by atoms with Crippen molar-refractivity contribution in [2.45, 2.75) is 19.3 Å². The van der Waals surface area contributed by atoms with Crippen LogP contribution in [0.25, 0.3) is 22.5 Å². The Morgan fingerprint density at radius 2 is 2.00 bits per heavy atom. The van der Waals surface area contributed by atoms with Gasteiger partial charge < -0.3 is 20.5 Å². The lowest BCUT2D eigenvalue weighted by Crippen LogP contribution is -2.45. The highest BCUT2D eigenvalue weighted by Gasteiger charge is 2.40. The number of dihydropyridines is 1. The normalized spacial score (nSPS) is 16.1. The van der Waals surface area contributed by atoms with Gasteiger partial charge >= 0.3 is 6.18 Å². The molecule has 0 saturated heterocycles. The van der Waals surface area contributed by atoms with Gasteiger partial charge in [-0.05, 0) is 50.4 Å². The summed E-state index contributed by atoms with van der Waals surface area (Å²) >= 11 is 0. The first-order valence-electron chi connectivity index (χ1n) is 10.6. The van der Waals surface area contributed by atoms with Gasteiger partial charge in [0.2, 0.25) is 0 Å². The highest BCUT2D eigenvalue weighted by Crippen LogP contribution is 2.35. The summed E-state index contributed by atoms with van der Waals surface area (Å²) in [5, 5.41) is 10.1. The van der Waals surface area contributed by atoms with Crippen LogP contribution in [0, 0.1) is 6.92 Å². The Kier molecular flexibility index (Phi) is 6.49. The number of nitrogens with one attached hydrogen (secondary N) is 2. The number of likely N-dealkylation sites (N-methyl/N-ethyl adjacent to an activating group) is 1. The summed E-state index contributed by atoms with van der Waals surface area (Å²) in [7, 11) is 3.00. The van der Waals surface area contributed by atoms with E-state index < -0.39 is 17.9 Å². The molecular formula is C23H25F3N6O2. The van der Waals surface area contributed by atoms with Gasteiger partial charge in [-0.15, -0.1) is 0 Å². The van der Waals surface area contributed by atoms with Gasteiger partial charge in [0.15, 0.2) is 17.1 Å². The van der Waals surface area contributed by atoms with Gasteiger partial charge in [-0.25, -0.2) is 9.50 Å². The van der Waals surface area contributed by atoms with Crippen LogP contribution in [0.4, 0.5) is 13.2 Å². The van der Waals surface area contributed by atoms with Crippen LogP contribution in [-0.2, 0) is 0 Å². The van der Waals surface area contributed by atoms with E-state index >= 15 is 0 Å². The summed E-state index contributed by atoms with van der Waals surface area (Å²) in [6.45, 7) is 2.46. The topological polar surface area (TPSA) is 98.7 Å². The van der Waals surface area contributed by atoms with E-state index in [1.165, 1.54) is 20.4 Å². The molecular weight excluding hydrogens is 449 g/mol. The van der Waals surface area contributed by atoms with Crippen molar-refractivity contribution < 1.29 is 22.6 Å². The van der Waals surface area contributed by atoms with Crippen molar-refractivity contribution in [3.05, 3.63) is 59.6 Å². The van der Waals surface area contributed by atoms with Gasteiger partial charge in [0, 0.05) is 23.9 Å². The van der Waals surface area contributed by atoms with Gasteiger partial charge in [0.1, 0.15) is 12.8 Å². The summed E-state index contributed by atoms with van der Waals surface area (Å²) in [5.74, 6) is 1.07. The van der Waals surface area contributed by atoms with Crippen LogP contribution >= 0.6 is 0 Å². The minimum absolute atomic E-state index is 0.330. The van der Waals surface area contributed by atoms with Gasteiger partial charge in [0.05, 0.1) is 29.8 Å². The Hall–Kier alpha value is -3.57. The number of halogens is 3. The summed E-state index contributed by atoms with van der Waals surface area (Å²) in [6.07, 6.45) is -2.89. The standard InChI is InChI=1S/C23H25F3N6O2/c1-13-21(15-10-16(23(24,25)26)22(28-2)29-12-15)32-20(30-13)7-5-17(31-32)14-4-6-18(34-9-8-27)19(11-14)33-3/h4-7,10-12,22,28-29H,8-9,27H2,1-3H3. The molecule has 0 saturated carbocycles. The molecule has 1 aromatic carbocycles. The zero-order chi connectivity index (χ0) is 24.5. The second kappa shape index (κ2) is 9.35. The number of methoxy groups -OCH3 is 1. The number of benzene rings is 1. The number of hydrogen-bond acceptors (Lipinski definition) is 7. The number of imidazole rings is 1. The van der Waals surface area contributed by atoms with E-state index in [4.69, 9.17) is 15.2 Å². The van der Waals surface area contributed by atoms with Crippen molar-refractivity contribution in [2.75, 3.05) is 27.3 Å². The second-order valence-corrected chi connectivity index (χ2v) is 7.62. The van der Waals surface area contributed by atoms with Crippen LogP contribution in [0.3, 0.4) is 0 Å². The number of hydrogen-bond donors (Lipinski definition) is 3. The lowest BCUT2D eigenvalue weighted by atomic mass is 10.0. The number of ether oxygens (including phenoxy) is 2. The van der Waals surface area contributed by atoms with E-state index in [1.54, 1.807) is 35.7 Å². The molecule has 2 aromatic heterocycles. The Morgan fingerprint density at radius 3 is 2.68 bits per heavy atom. The Balaban J connectivity index is 1.78. The Labute approximate surface area is 194 Å². The van der Waals surface area contributed by atoms with E-state index in [9.17, 15) is 13.2 Å². The number of nitrogens with two attached hydrogens (primary N) is 1. The molecule has 0 radical (unpaired) electrons. The molecule has 0 aliphatic carbocycles. The fraction of sp³-hybridized carbons (Fsp3) is 0.304. The van der Waals surface area contributed by atoms with Crippen molar-refractivity contribution in [3.8, 4) is 22.8 Å². The number of aromatic nitrogens is 3. The maximum atomic E-state index is 13.6. The van der Waals surface area contributed by atoms with Gasteiger partial charge in [-0.1, -0.05) is 0 Å². The number of rotatable bonds is 7. The molecule has 1 atom stereocenters. The summed E-state index contributed by atoms with van der Waals surface area (Å²) in [6, 6.07) is 8.93. The summed E-state index contributed by atoms with van der Waals surface area (Å²) in [4.78, 5) is 4.48. The van der Waals surface area contributed by atoms with E-state index in [-0.39, 0.29) is 0 Å². The number of nitrogens with zero attached hydrogens (tertiary/aromatic N) is 3. The van der Waals surface area contributed by atoms with E-state index in [2.05, 4.69) is 20.7 Å². The number of alkyl halides is 3. The molecule has 3 aromatic rings. The molecule has 0 fully saturated rings. The third kappa shape index (κ3) is 4.44. The van der Waals surface area contributed by atoms with Crippen LogP contribution in [-0.4, -0.2) is 54.2 Å². The maximum absolute atomic E-state index is 13.6. The third-order valence-corrected chi connectivity index (χ3v) is 5.40. The fourth-order valence-electron chi connectivity index (χ4n) is 3.82. The summed E-state index contributed by atoms with van der Waals surface area (Å²) in [5.41, 5.74) is 7.99. The van der Waals surface area contributed by atoms with Crippen molar-refractivity contribution >= 4 is 11.2 Å². The third-order valence-electron chi connectivity index (χ3n) is 5.40. The molecule has 0 bridgehead atoms. The minimum atomic E-state index is -4.50. The van der Waals surface area contributed by atoms with Gasteiger partial charge in [0.25, 0.3) is 0 Å². The van der Waals surface area contributed by atoms with Gasteiger partial charge in [-0.3, -0.25) is 5.32 Å². The molecule has 8 nitrogen and oxygen atoms in total. The van der Waals surface area contributed by atoms with Crippen molar-refractivity contribution in [1.29, 1.82) is 0 Å². The maximum Gasteiger partial charge on any atom is 0.415 e. The molecule has 34 heavy (non-hydrogen) atoms.